The van der Waals surface area contributed by atoms with Gasteiger partial charge in [0.05, 0.1) is 34.4 Å². The molecule has 9 nitrogen and oxygen atoms in total. The van der Waals surface area contributed by atoms with Crippen LogP contribution in [-0.4, -0.2) is 87.4 Å². The highest BCUT2D eigenvalue weighted by Gasteiger charge is 2.25. The molecule has 0 spiro atoms. The first-order valence-corrected chi connectivity index (χ1v) is 28.8. The van der Waals surface area contributed by atoms with E-state index in [1.165, 1.54) is 128 Å². The van der Waals surface area contributed by atoms with Crippen LogP contribution in [0.2, 0.25) is 0 Å². The van der Waals surface area contributed by atoms with Gasteiger partial charge in [0, 0.05) is 12.8 Å². The van der Waals surface area contributed by atoms with Gasteiger partial charge in [0.15, 0.2) is 6.10 Å². The quantitative estimate of drug-likeness (QED) is 0.0211. The number of carbonyl (C=O) groups excluding carboxylic acids is 2. The molecule has 2 unspecified atom stereocenters. The normalized spacial score (nSPS) is 13.4. The number of carboxylic acids is 1. The van der Waals surface area contributed by atoms with Crippen LogP contribution in [0.3, 0.4) is 0 Å². The number of likely N-dealkylation sites (N-methyl/N-ethyl adjacent to an activating group) is 1. The van der Waals surface area contributed by atoms with Gasteiger partial charge in [-0.2, -0.15) is 0 Å². The molecule has 9 heteroatoms. The Hall–Kier alpha value is -3.53. The lowest BCUT2D eigenvalue weighted by Gasteiger charge is -2.25. The van der Waals surface area contributed by atoms with Crippen molar-refractivity contribution in [2.75, 3.05) is 47.5 Å². The minimum atomic E-state index is -1.53. The molecule has 408 valence electrons. The maximum Gasteiger partial charge on any atom is 0.361 e. The Morgan fingerprint density at radius 1 is 0.437 bits per heavy atom. The summed E-state index contributed by atoms with van der Waals surface area (Å²) >= 11 is 0. The van der Waals surface area contributed by atoms with Crippen LogP contribution >= 0.6 is 0 Å². The van der Waals surface area contributed by atoms with Gasteiger partial charge in [-0.15, -0.1) is 0 Å². The molecule has 0 radical (unpaired) electrons. The van der Waals surface area contributed by atoms with E-state index in [1.807, 2.05) is 21.1 Å². The summed E-state index contributed by atoms with van der Waals surface area (Å²) < 4.78 is 22.8. The zero-order valence-corrected chi connectivity index (χ0v) is 46.4. The summed E-state index contributed by atoms with van der Waals surface area (Å²) in [7, 11) is 5.95. The van der Waals surface area contributed by atoms with Gasteiger partial charge in [0.1, 0.15) is 13.2 Å². The van der Waals surface area contributed by atoms with E-state index >= 15 is 0 Å². The summed E-state index contributed by atoms with van der Waals surface area (Å²) in [5.74, 6) is -2.09. The molecule has 0 saturated heterocycles. The Morgan fingerprint density at radius 2 is 0.803 bits per heavy atom. The van der Waals surface area contributed by atoms with E-state index in [0.717, 1.165) is 64.2 Å². The van der Waals surface area contributed by atoms with Crippen molar-refractivity contribution >= 4 is 17.9 Å². The number of hydrogen-bond donors (Lipinski definition) is 1. The van der Waals surface area contributed by atoms with Crippen LogP contribution in [0.15, 0.2) is 85.1 Å². The second kappa shape index (κ2) is 52.8. The fraction of sp³-hybridized carbons (Fsp3) is 0.726. The van der Waals surface area contributed by atoms with Crippen LogP contribution < -0.4 is 0 Å². The van der Waals surface area contributed by atoms with Gasteiger partial charge >= 0.3 is 17.9 Å². The fourth-order valence-electron chi connectivity index (χ4n) is 7.77. The molecule has 1 N–H and O–H groups in total. The first-order chi connectivity index (χ1) is 34.6. The molecule has 0 amide bonds. The number of aliphatic carboxylic acids is 1. The second-order valence-corrected chi connectivity index (χ2v) is 20.2. The number of nitrogens with zero attached hydrogens (tertiary/aromatic N) is 1. The van der Waals surface area contributed by atoms with E-state index in [9.17, 15) is 19.5 Å². The minimum Gasteiger partial charge on any atom is -0.477 e. The summed E-state index contributed by atoms with van der Waals surface area (Å²) in [6.07, 6.45) is 66.7. The topological polar surface area (TPSA) is 108 Å². The molecule has 0 aliphatic heterocycles. The number of allylic oxidation sites excluding steroid dienone is 14. The number of rotatable bonds is 52. The highest BCUT2D eigenvalue weighted by atomic mass is 16.7. The van der Waals surface area contributed by atoms with Crippen LogP contribution in [0.5, 0.6) is 0 Å². The van der Waals surface area contributed by atoms with Gasteiger partial charge in [-0.1, -0.05) is 240 Å². The number of unbranched alkanes of at least 4 members (excludes halogenated alkanes) is 23. The molecule has 0 aliphatic carbocycles. The van der Waals surface area contributed by atoms with Gasteiger partial charge in [0.2, 0.25) is 0 Å². The van der Waals surface area contributed by atoms with Crippen molar-refractivity contribution < 1.29 is 42.9 Å². The molecule has 0 aromatic heterocycles. The number of esters is 2. The SMILES string of the molecule is CC/C=C\C/C=C\C/C=C\C/C=C\C/C=C\C/C=C\C/C=C\CCCC(=O)OC(COC(=O)CCCCCCCCCCCCCCCCCCCCCCCCC)COC(OCC[N+](C)(C)C)C(=O)O. The zero-order valence-electron chi connectivity index (χ0n) is 46.4. The highest BCUT2D eigenvalue weighted by molar-refractivity contribution is 5.71. The van der Waals surface area contributed by atoms with Crippen LogP contribution in [0.1, 0.15) is 232 Å². The Bertz CT molecular complexity index is 1440. The second-order valence-electron chi connectivity index (χ2n) is 20.2. The lowest BCUT2D eigenvalue weighted by atomic mass is 10.0. The van der Waals surface area contributed by atoms with E-state index in [4.69, 9.17) is 18.9 Å². The molecule has 0 aliphatic rings. The zero-order chi connectivity index (χ0) is 52.0. The Labute approximate surface area is 436 Å². The molecule has 0 aromatic carbocycles. The summed E-state index contributed by atoms with van der Waals surface area (Å²) in [5, 5.41) is 9.69. The lowest BCUT2D eigenvalue weighted by Crippen LogP contribution is -2.40. The smallest absolute Gasteiger partial charge is 0.361 e. The molecule has 0 heterocycles. The van der Waals surface area contributed by atoms with Crippen LogP contribution in [0.25, 0.3) is 0 Å². The van der Waals surface area contributed by atoms with Crippen LogP contribution in [0, 0.1) is 0 Å². The van der Waals surface area contributed by atoms with Crippen molar-refractivity contribution in [2.45, 2.75) is 245 Å². The predicted molar refractivity (Wildman–Crippen MR) is 299 cm³/mol. The fourth-order valence-corrected chi connectivity index (χ4v) is 7.77. The molecular weight excluding hydrogens is 887 g/mol. The molecule has 2 atom stereocenters. The molecule has 71 heavy (non-hydrogen) atoms. The maximum atomic E-state index is 12.8. The van der Waals surface area contributed by atoms with Gasteiger partial charge in [-0.3, -0.25) is 9.59 Å². The largest absolute Gasteiger partial charge is 0.477 e. The highest BCUT2D eigenvalue weighted by Crippen LogP contribution is 2.16. The number of ether oxygens (including phenoxy) is 4. The molecule has 0 saturated carbocycles. The maximum absolute atomic E-state index is 12.8. The molecule has 0 rings (SSSR count). The third-order valence-corrected chi connectivity index (χ3v) is 12.2. The summed E-state index contributed by atoms with van der Waals surface area (Å²) in [6, 6.07) is 0. The average Bonchev–Trinajstić information content (AvgIpc) is 3.34. The summed E-state index contributed by atoms with van der Waals surface area (Å²) in [6.45, 7) is 4.71. The third-order valence-electron chi connectivity index (χ3n) is 12.2. The van der Waals surface area contributed by atoms with E-state index in [-0.39, 0.29) is 38.6 Å². The first kappa shape index (κ1) is 67.5. The summed E-state index contributed by atoms with van der Waals surface area (Å²) in [5.41, 5.74) is 0. The van der Waals surface area contributed by atoms with Crippen molar-refractivity contribution in [3.05, 3.63) is 85.1 Å². The van der Waals surface area contributed by atoms with Gasteiger partial charge in [-0.25, -0.2) is 4.79 Å². The van der Waals surface area contributed by atoms with Crippen molar-refractivity contribution in [2.24, 2.45) is 0 Å². The lowest BCUT2D eigenvalue weighted by molar-refractivity contribution is -0.870. The molecule has 0 bridgehead atoms. The van der Waals surface area contributed by atoms with Gasteiger partial charge in [-0.05, 0) is 64.2 Å². The molecule has 0 fully saturated rings. The predicted octanol–water partition coefficient (Wildman–Crippen LogP) is 16.8. The minimum absolute atomic E-state index is 0.174. The van der Waals surface area contributed by atoms with Crippen LogP contribution in [-0.2, 0) is 33.3 Å². The van der Waals surface area contributed by atoms with E-state index < -0.39 is 24.3 Å². The summed E-state index contributed by atoms with van der Waals surface area (Å²) in [4.78, 5) is 37.4. The van der Waals surface area contributed by atoms with Crippen LogP contribution in [0.4, 0.5) is 0 Å². The van der Waals surface area contributed by atoms with Gasteiger partial charge < -0.3 is 28.5 Å². The Kier molecular flexibility index (Phi) is 50.2. The van der Waals surface area contributed by atoms with E-state index in [0.29, 0.717) is 23.9 Å². The standard InChI is InChI=1S/C62H107NO8/c1-6-8-10-12-14-16-18-20-22-24-26-28-30-32-34-36-38-40-42-44-46-48-50-52-59(64)69-56-58(57-70-62(61(66)67)68-55-54-63(3,4)5)71-60(65)53-51-49-47-45-43-41-39-37-35-33-31-29-27-25-23-21-19-17-15-13-11-9-7-2/h9,11,15,17,21,23,27,29,33,35,39,41,45,47,58,62H,6-8,10,12-14,16,18-20,22,24-26,28,30-32,34,36-38,40,42-44,46,48-57H2,1-5H3/p+1/b11-9-,17-15-,23-21-,29-27-,35-33-,41-39-,47-45-. The number of hydrogen-bond acceptors (Lipinski definition) is 7. The average molecular weight is 996 g/mol. The van der Waals surface area contributed by atoms with E-state index in [2.05, 4.69) is 98.9 Å². The monoisotopic (exact) mass is 995 g/mol. The first-order valence-electron chi connectivity index (χ1n) is 28.8. The Morgan fingerprint density at radius 3 is 1.18 bits per heavy atom. The number of carboxylic acid groups (broad SMARTS) is 1. The molecular formula is C62H108NO8+. The number of quaternary nitrogens is 1. The van der Waals surface area contributed by atoms with Crippen molar-refractivity contribution in [1.82, 2.24) is 0 Å². The Balaban J connectivity index is 4.35. The van der Waals surface area contributed by atoms with Crippen molar-refractivity contribution in [3.63, 3.8) is 0 Å². The van der Waals surface area contributed by atoms with Gasteiger partial charge in [0.25, 0.3) is 6.29 Å². The molecule has 0 aromatic rings. The van der Waals surface area contributed by atoms with E-state index in [1.54, 1.807) is 0 Å². The van der Waals surface area contributed by atoms with Crippen molar-refractivity contribution in [3.8, 4) is 0 Å². The van der Waals surface area contributed by atoms with Crippen molar-refractivity contribution in [1.29, 1.82) is 0 Å². The third kappa shape index (κ3) is 54.1. The number of carbonyl (C=O) groups is 3.